The number of nitrogens with one attached hydrogen (secondary N) is 1. The van der Waals surface area contributed by atoms with Crippen LogP contribution in [0.5, 0.6) is 5.75 Å². The van der Waals surface area contributed by atoms with Gasteiger partial charge in [-0.3, -0.25) is 4.79 Å². The summed E-state index contributed by atoms with van der Waals surface area (Å²) in [5.41, 5.74) is 0.627. The standard InChI is InChI=1S/C22H27F2NO3/c1-3-4-12-28-13-11-17(16-7-5-8-18(23)14-16)15-25-22(26)21-19(24)9-6-10-20(21)27-2/h5-10,14,17H,3-4,11-13,15H2,1-2H3,(H,25,26). The van der Waals surface area contributed by atoms with Crippen LogP contribution in [0.4, 0.5) is 8.78 Å². The third-order valence-electron chi connectivity index (χ3n) is 4.50. The summed E-state index contributed by atoms with van der Waals surface area (Å²) in [6.07, 6.45) is 2.64. The van der Waals surface area contributed by atoms with Gasteiger partial charge in [0, 0.05) is 25.7 Å². The van der Waals surface area contributed by atoms with Gasteiger partial charge >= 0.3 is 0 Å². The van der Waals surface area contributed by atoms with Crippen LogP contribution in [0.3, 0.4) is 0 Å². The molecule has 6 heteroatoms. The third kappa shape index (κ3) is 6.30. The molecule has 1 unspecified atom stereocenters. The number of carbonyl (C=O) groups is 1. The molecule has 0 radical (unpaired) electrons. The molecule has 152 valence electrons. The maximum atomic E-state index is 14.1. The number of amides is 1. The minimum absolute atomic E-state index is 0.137. The van der Waals surface area contributed by atoms with Gasteiger partial charge in [-0.15, -0.1) is 0 Å². The fraction of sp³-hybridized carbons (Fsp3) is 0.409. The van der Waals surface area contributed by atoms with Crippen molar-refractivity contribution in [2.75, 3.05) is 26.9 Å². The average molecular weight is 391 g/mol. The zero-order valence-corrected chi connectivity index (χ0v) is 16.3. The maximum Gasteiger partial charge on any atom is 0.258 e. The smallest absolute Gasteiger partial charge is 0.258 e. The first-order valence-electron chi connectivity index (χ1n) is 9.50. The number of halogens is 2. The highest BCUT2D eigenvalue weighted by atomic mass is 19.1. The monoisotopic (exact) mass is 391 g/mol. The molecule has 0 aliphatic heterocycles. The molecule has 28 heavy (non-hydrogen) atoms. The van der Waals surface area contributed by atoms with Crippen molar-refractivity contribution in [2.45, 2.75) is 32.1 Å². The summed E-state index contributed by atoms with van der Waals surface area (Å²) in [5.74, 6) is -1.54. The van der Waals surface area contributed by atoms with Crippen LogP contribution < -0.4 is 10.1 Å². The first-order chi connectivity index (χ1) is 13.6. The van der Waals surface area contributed by atoms with Crippen molar-refractivity contribution in [3.05, 3.63) is 65.2 Å². The third-order valence-corrected chi connectivity index (χ3v) is 4.50. The lowest BCUT2D eigenvalue weighted by molar-refractivity contribution is 0.0935. The minimum Gasteiger partial charge on any atom is -0.496 e. The molecule has 2 aromatic rings. The lowest BCUT2D eigenvalue weighted by atomic mass is 9.95. The molecule has 0 heterocycles. The second kappa shape index (κ2) is 11.4. The Hall–Kier alpha value is -2.47. The molecule has 4 nitrogen and oxygen atoms in total. The predicted molar refractivity (Wildman–Crippen MR) is 105 cm³/mol. The Morgan fingerprint density at radius 1 is 1.14 bits per heavy atom. The Balaban J connectivity index is 2.06. The van der Waals surface area contributed by atoms with Crippen molar-refractivity contribution < 1.29 is 23.0 Å². The number of ether oxygens (including phenoxy) is 2. The second-order valence-corrected chi connectivity index (χ2v) is 6.53. The van der Waals surface area contributed by atoms with Crippen molar-refractivity contribution in [1.82, 2.24) is 5.32 Å². The molecule has 2 aromatic carbocycles. The topological polar surface area (TPSA) is 47.6 Å². The number of hydrogen-bond donors (Lipinski definition) is 1. The maximum absolute atomic E-state index is 14.1. The molecular weight excluding hydrogens is 364 g/mol. The number of methoxy groups -OCH3 is 1. The molecule has 0 fully saturated rings. The van der Waals surface area contributed by atoms with Gasteiger partial charge in [-0.25, -0.2) is 8.78 Å². The summed E-state index contributed by atoms with van der Waals surface area (Å²) in [5, 5.41) is 2.75. The van der Waals surface area contributed by atoms with Gasteiger partial charge in [0.15, 0.2) is 0 Å². The zero-order valence-electron chi connectivity index (χ0n) is 16.3. The molecule has 0 saturated heterocycles. The quantitative estimate of drug-likeness (QED) is 0.565. The molecule has 1 amide bonds. The Kier molecular flexibility index (Phi) is 8.88. The van der Waals surface area contributed by atoms with E-state index >= 15 is 0 Å². The molecule has 0 spiro atoms. The summed E-state index contributed by atoms with van der Waals surface area (Å²) in [6.45, 7) is 3.49. The van der Waals surface area contributed by atoms with Gasteiger partial charge in [-0.2, -0.15) is 0 Å². The molecule has 0 aliphatic rings. The van der Waals surface area contributed by atoms with Crippen LogP contribution >= 0.6 is 0 Å². The molecule has 2 rings (SSSR count). The van der Waals surface area contributed by atoms with E-state index in [9.17, 15) is 13.6 Å². The fourth-order valence-electron chi connectivity index (χ4n) is 2.92. The Morgan fingerprint density at radius 2 is 1.93 bits per heavy atom. The number of unbranched alkanes of at least 4 members (excludes halogenated alkanes) is 1. The van der Waals surface area contributed by atoms with E-state index in [0.29, 0.717) is 19.6 Å². The van der Waals surface area contributed by atoms with Gasteiger partial charge in [0.2, 0.25) is 0 Å². The SMILES string of the molecule is CCCCOCCC(CNC(=O)c1c(F)cccc1OC)c1cccc(F)c1. The minimum atomic E-state index is -0.651. The van der Waals surface area contributed by atoms with Crippen LogP contribution in [0.15, 0.2) is 42.5 Å². The van der Waals surface area contributed by atoms with E-state index in [2.05, 4.69) is 12.2 Å². The van der Waals surface area contributed by atoms with E-state index < -0.39 is 11.7 Å². The van der Waals surface area contributed by atoms with Crippen LogP contribution in [0.2, 0.25) is 0 Å². The van der Waals surface area contributed by atoms with E-state index in [1.165, 1.54) is 37.4 Å². The number of carbonyl (C=O) groups excluding carboxylic acids is 1. The van der Waals surface area contributed by atoms with Crippen molar-refractivity contribution in [1.29, 1.82) is 0 Å². The molecule has 0 aliphatic carbocycles. The normalized spacial score (nSPS) is 11.9. The fourth-order valence-corrected chi connectivity index (χ4v) is 2.92. The summed E-state index contributed by atoms with van der Waals surface area (Å²) in [4.78, 5) is 12.5. The molecule has 1 N–H and O–H groups in total. The van der Waals surface area contributed by atoms with Gasteiger partial charge in [0.25, 0.3) is 5.91 Å². The number of rotatable bonds is 11. The van der Waals surface area contributed by atoms with Gasteiger partial charge in [0.05, 0.1) is 7.11 Å². The molecule has 0 bridgehead atoms. The summed E-state index contributed by atoms with van der Waals surface area (Å²) < 4.78 is 38.4. The van der Waals surface area contributed by atoms with Crippen molar-refractivity contribution >= 4 is 5.91 Å². The van der Waals surface area contributed by atoms with Crippen molar-refractivity contribution in [3.8, 4) is 5.75 Å². The van der Waals surface area contributed by atoms with Crippen LogP contribution in [-0.2, 0) is 4.74 Å². The molecule has 1 atom stereocenters. The zero-order chi connectivity index (χ0) is 20.4. The Morgan fingerprint density at radius 3 is 2.64 bits per heavy atom. The van der Waals surface area contributed by atoms with Gasteiger partial charge in [-0.1, -0.05) is 31.5 Å². The highest BCUT2D eigenvalue weighted by molar-refractivity contribution is 5.97. The second-order valence-electron chi connectivity index (χ2n) is 6.53. The van der Waals surface area contributed by atoms with Crippen molar-refractivity contribution in [2.24, 2.45) is 0 Å². The molecule has 0 aromatic heterocycles. The van der Waals surface area contributed by atoms with Crippen molar-refractivity contribution in [3.63, 3.8) is 0 Å². The van der Waals surface area contributed by atoms with Crippen LogP contribution in [0, 0.1) is 11.6 Å². The highest BCUT2D eigenvalue weighted by Gasteiger charge is 2.20. The number of hydrogen-bond acceptors (Lipinski definition) is 3. The van der Waals surface area contributed by atoms with E-state index in [-0.39, 0.29) is 29.6 Å². The van der Waals surface area contributed by atoms with Gasteiger partial charge < -0.3 is 14.8 Å². The Labute approximate surface area is 164 Å². The summed E-state index contributed by atoms with van der Waals surface area (Å²) in [7, 11) is 1.38. The summed E-state index contributed by atoms with van der Waals surface area (Å²) in [6, 6.07) is 10.5. The van der Waals surface area contributed by atoms with E-state index in [0.717, 1.165) is 18.4 Å². The van der Waals surface area contributed by atoms with E-state index in [4.69, 9.17) is 9.47 Å². The van der Waals surface area contributed by atoms with E-state index in [1.807, 2.05) is 6.07 Å². The molecule has 0 saturated carbocycles. The first kappa shape index (κ1) is 21.8. The first-order valence-corrected chi connectivity index (χ1v) is 9.50. The van der Waals surface area contributed by atoms with Gasteiger partial charge in [0.1, 0.15) is 22.9 Å². The number of benzene rings is 2. The average Bonchev–Trinajstić information content (AvgIpc) is 2.69. The Bertz CT molecular complexity index is 767. The predicted octanol–water partition coefficient (Wildman–Crippen LogP) is 4.69. The van der Waals surface area contributed by atoms with Gasteiger partial charge in [-0.05, 0) is 42.7 Å². The lowest BCUT2D eigenvalue weighted by Gasteiger charge is -2.19. The van der Waals surface area contributed by atoms with Crippen LogP contribution in [0.25, 0.3) is 0 Å². The lowest BCUT2D eigenvalue weighted by Crippen LogP contribution is -2.30. The van der Waals surface area contributed by atoms with Crippen LogP contribution in [-0.4, -0.2) is 32.8 Å². The highest BCUT2D eigenvalue weighted by Crippen LogP contribution is 2.23. The van der Waals surface area contributed by atoms with Crippen LogP contribution in [0.1, 0.15) is 48.0 Å². The van der Waals surface area contributed by atoms with E-state index in [1.54, 1.807) is 6.07 Å². The molecular formula is C22H27F2NO3. The summed E-state index contributed by atoms with van der Waals surface area (Å²) >= 11 is 0. The largest absolute Gasteiger partial charge is 0.496 e.